The molecule has 1 aromatic rings. The fourth-order valence-corrected chi connectivity index (χ4v) is 2.84. The van der Waals surface area contributed by atoms with Crippen LogP contribution in [0.4, 0.5) is 0 Å². The second-order valence-electron chi connectivity index (χ2n) is 5.18. The van der Waals surface area contributed by atoms with Crippen LogP contribution in [-0.4, -0.2) is 29.4 Å². The van der Waals surface area contributed by atoms with Crippen molar-refractivity contribution in [3.8, 4) is 0 Å². The highest BCUT2D eigenvalue weighted by atomic mass is 16.2. The fourth-order valence-electron chi connectivity index (χ4n) is 2.84. The van der Waals surface area contributed by atoms with E-state index in [1.807, 2.05) is 35.2 Å². The van der Waals surface area contributed by atoms with Gasteiger partial charge in [-0.1, -0.05) is 30.3 Å². The minimum Gasteiger partial charge on any atom is -0.338 e. The van der Waals surface area contributed by atoms with Crippen molar-refractivity contribution in [1.29, 1.82) is 0 Å². The molecule has 1 aliphatic heterocycles. The summed E-state index contributed by atoms with van der Waals surface area (Å²) in [6.07, 6.45) is 3.02. The van der Waals surface area contributed by atoms with Crippen LogP contribution in [0.25, 0.3) is 0 Å². The monoisotopic (exact) mass is 230 g/mol. The summed E-state index contributed by atoms with van der Waals surface area (Å²) in [5.41, 5.74) is 7.16. The topological polar surface area (TPSA) is 46.3 Å². The van der Waals surface area contributed by atoms with E-state index < -0.39 is 0 Å². The highest BCUT2D eigenvalue weighted by molar-refractivity contribution is 5.83. The smallest absolute Gasteiger partial charge is 0.240 e. The van der Waals surface area contributed by atoms with Crippen LogP contribution in [0.15, 0.2) is 30.3 Å². The quantitative estimate of drug-likeness (QED) is 0.847. The number of carbonyl (C=O) groups is 1. The molecule has 0 bridgehead atoms. The number of amides is 1. The number of hydrogen-bond donors (Lipinski definition) is 1. The Morgan fingerprint density at radius 2 is 2.18 bits per heavy atom. The highest BCUT2D eigenvalue weighted by Gasteiger charge is 2.49. The summed E-state index contributed by atoms with van der Waals surface area (Å²) in [5, 5.41) is 0. The molecule has 3 rings (SSSR count). The molecule has 0 unspecified atom stereocenters. The zero-order valence-electron chi connectivity index (χ0n) is 9.88. The summed E-state index contributed by atoms with van der Waals surface area (Å²) >= 11 is 0. The van der Waals surface area contributed by atoms with Gasteiger partial charge in [-0.05, 0) is 30.7 Å². The summed E-state index contributed by atoms with van der Waals surface area (Å²) < 4.78 is 0. The van der Waals surface area contributed by atoms with Crippen molar-refractivity contribution in [2.45, 2.75) is 31.3 Å². The van der Waals surface area contributed by atoms with Crippen LogP contribution in [0.5, 0.6) is 0 Å². The Hall–Kier alpha value is -1.35. The number of likely N-dealkylation sites (tertiary alicyclic amines) is 1. The molecule has 1 aliphatic carbocycles. The Morgan fingerprint density at radius 3 is 2.76 bits per heavy atom. The van der Waals surface area contributed by atoms with Crippen LogP contribution in [0, 0.1) is 5.92 Å². The minimum absolute atomic E-state index is 0.138. The van der Waals surface area contributed by atoms with Crippen molar-refractivity contribution in [2.75, 3.05) is 6.54 Å². The molecule has 90 valence electrons. The van der Waals surface area contributed by atoms with E-state index in [-0.39, 0.29) is 11.9 Å². The van der Waals surface area contributed by atoms with Gasteiger partial charge in [-0.25, -0.2) is 0 Å². The summed E-state index contributed by atoms with van der Waals surface area (Å²) in [4.78, 5) is 14.2. The van der Waals surface area contributed by atoms with Crippen LogP contribution in [0.2, 0.25) is 0 Å². The third-order valence-corrected chi connectivity index (χ3v) is 3.93. The largest absolute Gasteiger partial charge is 0.338 e. The Labute approximate surface area is 102 Å². The van der Waals surface area contributed by atoms with Gasteiger partial charge in [-0.3, -0.25) is 4.79 Å². The summed E-state index contributed by atoms with van der Waals surface area (Å²) in [6, 6.07) is 10.1. The molecule has 17 heavy (non-hydrogen) atoms. The lowest BCUT2D eigenvalue weighted by Crippen LogP contribution is -2.45. The van der Waals surface area contributed by atoms with Gasteiger partial charge < -0.3 is 10.6 Å². The standard InChI is InChI=1S/C14H18N2O/c15-12(8-10-4-2-1-3-5-10)14(17)16-7-6-11-9-13(11)16/h1-5,11-13H,6-9,15H2/t11-,12+,13+/m1/s1. The number of nitrogens with two attached hydrogens (primary N) is 1. The molecule has 1 saturated carbocycles. The van der Waals surface area contributed by atoms with Gasteiger partial charge in [0.2, 0.25) is 5.91 Å². The third kappa shape index (κ3) is 2.07. The average molecular weight is 230 g/mol. The van der Waals surface area contributed by atoms with Gasteiger partial charge in [0.25, 0.3) is 0 Å². The van der Waals surface area contributed by atoms with Crippen LogP contribution < -0.4 is 5.73 Å². The first-order valence-electron chi connectivity index (χ1n) is 6.35. The molecule has 1 heterocycles. The number of fused-ring (bicyclic) bond motifs is 1. The summed E-state index contributed by atoms with van der Waals surface area (Å²) in [6.45, 7) is 0.913. The molecule has 1 aromatic carbocycles. The van der Waals surface area contributed by atoms with Crippen molar-refractivity contribution in [3.05, 3.63) is 35.9 Å². The molecule has 1 saturated heterocycles. The van der Waals surface area contributed by atoms with Gasteiger partial charge in [0, 0.05) is 12.6 Å². The maximum Gasteiger partial charge on any atom is 0.240 e. The van der Waals surface area contributed by atoms with Crippen LogP contribution in [-0.2, 0) is 11.2 Å². The first-order valence-corrected chi connectivity index (χ1v) is 6.35. The van der Waals surface area contributed by atoms with E-state index in [0.29, 0.717) is 12.5 Å². The first-order chi connectivity index (χ1) is 8.25. The van der Waals surface area contributed by atoms with Crippen LogP contribution in [0.3, 0.4) is 0 Å². The predicted octanol–water partition coefficient (Wildman–Crippen LogP) is 1.18. The second kappa shape index (κ2) is 4.15. The second-order valence-corrected chi connectivity index (χ2v) is 5.18. The number of benzene rings is 1. The Kier molecular flexibility index (Phi) is 2.63. The van der Waals surface area contributed by atoms with Crippen molar-refractivity contribution >= 4 is 5.91 Å². The van der Waals surface area contributed by atoms with Crippen molar-refractivity contribution in [2.24, 2.45) is 11.7 Å². The molecule has 1 amide bonds. The molecule has 2 N–H and O–H groups in total. The molecular weight excluding hydrogens is 212 g/mol. The van der Waals surface area contributed by atoms with Crippen LogP contribution in [0.1, 0.15) is 18.4 Å². The summed E-state index contributed by atoms with van der Waals surface area (Å²) in [5.74, 6) is 0.918. The zero-order valence-corrected chi connectivity index (χ0v) is 9.88. The maximum absolute atomic E-state index is 12.2. The Morgan fingerprint density at radius 1 is 1.41 bits per heavy atom. The van der Waals surface area contributed by atoms with Gasteiger partial charge in [0.1, 0.15) is 0 Å². The lowest BCUT2D eigenvalue weighted by atomic mass is 10.1. The molecule has 2 fully saturated rings. The molecule has 3 atom stereocenters. The molecule has 0 radical (unpaired) electrons. The Balaban J connectivity index is 1.62. The molecule has 0 spiro atoms. The molecule has 3 heteroatoms. The van der Waals surface area contributed by atoms with Crippen molar-refractivity contribution in [3.63, 3.8) is 0 Å². The molecule has 0 aromatic heterocycles. The van der Waals surface area contributed by atoms with Crippen molar-refractivity contribution in [1.82, 2.24) is 4.90 Å². The molecule has 3 nitrogen and oxygen atoms in total. The van der Waals surface area contributed by atoms with Gasteiger partial charge in [-0.2, -0.15) is 0 Å². The van der Waals surface area contributed by atoms with Crippen molar-refractivity contribution < 1.29 is 4.79 Å². The zero-order chi connectivity index (χ0) is 11.8. The van der Waals surface area contributed by atoms with E-state index in [4.69, 9.17) is 5.73 Å². The number of hydrogen-bond acceptors (Lipinski definition) is 2. The minimum atomic E-state index is -0.378. The number of nitrogens with zero attached hydrogens (tertiary/aromatic N) is 1. The van der Waals surface area contributed by atoms with E-state index in [1.165, 1.54) is 12.8 Å². The van der Waals surface area contributed by atoms with E-state index in [9.17, 15) is 4.79 Å². The van der Waals surface area contributed by atoms with Gasteiger partial charge in [0.15, 0.2) is 0 Å². The number of piperidine rings is 1. The SMILES string of the molecule is N[C@@H](Cc1ccccc1)C(=O)N1CC[C@@H]2C[C@@H]21. The lowest BCUT2D eigenvalue weighted by Gasteiger charge is -2.22. The van der Waals surface area contributed by atoms with Crippen LogP contribution >= 0.6 is 0 Å². The average Bonchev–Trinajstić information content (AvgIpc) is 3.01. The maximum atomic E-state index is 12.2. The van der Waals surface area contributed by atoms with E-state index in [0.717, 1.165) is 18.0 Å². The summed E-state index contributed by atoms with van der Waals surface area (Å²) in [7, 11) is 0. The fraction of sp³-hybridized carbons (Fsp3) is 0.500. The molecular formula is C14H18N2O. The van der Waals surface area contributed by atoms with Gasteiger partial charge in [-0.15, -0.1) is 0 Å². The Bertz CT molecular complexity index is 417. The van der Waals surface area contributed by atoms with Gasteiger partial charge >= 0.3 is 0 Å². The third-order valence-electron chi connectivity index (χ3n) is 3.93. The highest BCUT2D eigenvalue weighted by Crippen LogP contribution is 2.44. The first kappa shape index (κ1) is 10.8. The normalized spacial score (nSPS) is 27.7. The van der Waals surface area contributed by atoms with E-state index >= 15 is 0 Å². The lowest BCUT2D eigenvalue weighted by molar-refractivity contribution is -0.132. The molecule has 2 aliphatic rings. The van der Waals surface area contributed by atoms with E-state index in [1.54, 1.807) is 0 Å². The number of rotatable bonds is 3. The predicted molar refractivity (Wildman–Crippen MR) is 66.3 cm³/mol. The van der Waals surface area contributed by atoms with Gasteiger partial charge in [0.05, 0.1) is 6.04 Å². The number of carbonyl (C=O) groups excluding carboxylic acids is 1. The van der Waals surface area contributed by atoms with E-state index in [2.05, 4.69) is 0 Å².